The molecule has 1 aromatic rings. The number of hydrogen-bond acceptors (Lipinski definition) is 3. The predicted molar refractivity (Wildman–Crippen MR) is 79.1 cm³/mol. The zero-order valence-corrected chi connectivity index (χ0v) is 12.4. The van der Waals surface area contributed by atoms with E-state index in [2.05, 4.69) is 5.32 Å². The highest BCUT2D eigenvalue weighted by molar-refractivity contribution is 7.99. The summed E-state index contributed by atoms with van der Waals surface area (Å²) < 4.78 is 0. The van der Waals surface area contributed by atoms with E-state index in [0.29, 0.717) is 10.8 Å². The first kappa shape index (κ1) is 15.9. The van der Waals surface area contributed by atoms with E-state index in [9.17, 15) is 9.59 Å². The molecule has 0 aliphatic heterocycles. The van der Waals surface area contributed by atoms with Crippen LogP contribution in [0.15, 0.2) is 24.3 Å². The maximum atomic E-state index is 11.8. The Morgan fingerprint density at radius 2 is 1.89 bits per heavy atom. The molecular formula is C13H17ClN2O2S. The first-order valence-corrected chi connectivity index (χ1v) is 7.29. The zero-order valence-electron chi connectivity index (χ0n) is 10.9. The molecule has 0 heterocycles. The normalized spacial score (nSPS) is 12.2. The number of imide groups is 1. The molecule has 1 rings (SSSR count). The van der Waals surface area contributed by atoms with Crippen molar-refractivity contribution in [2.45, 2.75) is 24.9 Å². The number of carbonyl (C=O) groups is 2. The van der Waals surface area contributed by atoms with Gasteiger partial charge in [-0.15, -0.1) is 11.8 Å². The molecule has 0 bridgehead atoms. The van der Waals surface area contributed by atoms with Gasteiger partial charge < -0.3 is 5.73 Å². The fraction of sp³-hybridized carbons (Fsp3) is 0.385. The lowest BCUT2D eigenvalue weighted by Crippen LogP contribution is -2.42. The van der Waals surface area contributed by atoms with Gasteiger partial charge in [-0.3, -0.25) is 10.1 Å². The van der Waals surface area contributed by atoms with E-state index in [-0.39, 0.29) is 17.1 Å². The van der Waals surface area contributed by atoms with Crippen LogP contribution in [-0.2, 0) is 10.5 Å². The van der Waals surface area contributed by atoms with Crippen LogP contribution in [0.5, 0.6) is 0 Å². The van der Waals surface area contributed by atoms with Gasteiger partial charge in [-0.25, -0.2) is 4.79 Å². The van der Waals surface area contributed by atoms with E-state index < -0.39 is 6.03 Å². The smallest absolute Gasteiger partial charge is 0.318 e. The first-order chi connectivity index (χ1) is 8.90. The van der Waals surface area contributed by atoms with Gasteiger partial charge in [-0.1, -0.05) is 37.6 Å². The molecule has 1 aromatic carbocycles. The fourth-order valence-electron chi connectivity index (χ4n) is 1.53. The van der Waals surface area contributed by atoms with E-state index in [1.165, 1.54) is 11.8 Å². The van der Waals surface area contributed by atoms with E-state index in [1.807, 2.05) is 38.1 Å². The molecule has 0 saturated carbocycles. The summed E-state index contributed by atoms with van der Waals surface area (Å²) in [5, 5.41) is 2.49. The number of benzene rings is 1. The molecule has 0 aliphatic carbocycles. The third-order valence-corrected chi connectivity index (χ3v) is 4.32. The highest BCUT2D eigenvalue weighted by Crippen LogP contribution is 2.24. The highest BCUT2D eigenvalue weighted by atomic mass is 35.5. The molecule has 0 saturated heterocycles. The number of primary amides is 1. The van der Waals surface area contributed by atoms with Crippen molar-refractivity contribution in [3.05, 3.63) is 34.9 Å². The lowest BCUT2D eigenvalue weighted by atomic mass is 10.1. The molecule has 3 N–H and O–H groups in total. The molecule has 0 unspecified atom stereocenters. The average molecular weight is 301 g/mol. The third kappa shape index (κ3) is 5.53. The van der Waals surface area contributed by atoms with Gasteiger partial charge in [0.05, 0.1) is 5.25 Å². The summed E-state index contributed by atoms with van der Waals surface area (Å²) in [6.07, 6.45) is 0. The van der Waals surface area contributed by atoms with Crippen LogP contribution >= 0.6 is 23.4 Å². The Morgan fingerprint density at radius 1 is 1.32 bits per heavy atom. The SMILES string of the molecule is CC(C)[C@@H](SCc1ccc(Cl)cc1)C(=O)NC(N)=O. The van der Waals surface area contributed by atoms with Crippen molar-refractivity contribution in [3.8, 4) is 0 Å². The number of urea groups is 1. The minimum absolute atomic E-state index is 0.108. The predicted octanol–water partition coefficient (Wildman–Crippen LogP) is 2.79. The van der Waals surface area contributed by atoms with Crippen LogP contribution in [0, 0.1) is 5.92 Å². The van der Waals surface area contributed by atoms with Crippen LogP contribution in [0.25, 0.3) is 0 Å². The minimum atomic E-state index is -0.817. The van der Waals surface area contributed by atoms with Crippen molar-refractivity contribution in [3.63, 3.8) is 0 Å². The standard InChI is InChI=1S/C13H17ClN2O2S/c1-8(2)11(12(17)16-13(15)18)19-7-9-3-5-10(14)6-4-9/h3-6,8,11H,7H2,1-2H3,(H3,15,16,17,18)/t11-/m1/s1. The summed E-state index contributed by atoms with van der Waals surface area (Å²) in [4.78, 5) is 22.5. The minimum Gasteiger partial charge on any atom is -0.351 e. The van der Waals surface area contributed by atoms with Crippen LogP contribution in [-0.4, -0.2) is 17.2 Å². The monoisotopic (exact) mass is 300 g/mol. The van der Waals surface area contributed by atoms with Crippen molar-refractivity contribution in [2.75, 3.05) is 0 Å². The molecule has 0 aliphatic rings. The lowest BCUT2D eigenvalue weighted by Gasteiger charge is -2.18. The molecular weight excluding hydrogens is 284 g/mol. The fourth-order valence-corrected chi connectivity index (χ4v) is 2.82. The number of nitrogens with two attached hydrogens (primary N) is 1. The summed E-state index contributed by atoms with van der Waals surface area (Å²) in [6.45, 7) is 3.86. The van der Waals surface area contributed by atoms with Crippen LogP contribution in [0.4, 0.5) is 4.79 Å². The molecule has 0 aromatic heterocycles. The number of hydrogen-bond donors (Lipinski definition) is 2. The Hall–Kier alpha value is -1.20. The van der Waals surface area contributed by atoms with Gasteiger partial charge in [0.15, 0.2) is 0 Å². The van der Waals surface area contributed by atoms with E-state index in [1.54, 1.807) is 0 Å². The maximum absolute atomic E-state index is 11.8. The van der Waals surface area contributed by atoms with Crippen LogP contribution < -0.4 is 11.1 Å². The van der Waals surface area contributed by atoms with Gasteiger partial charge in [-0.2, -0.15) is 0 Å². The zero-order chi connectivity index (χ0) is 14.4. The summed E-state index contributed by atoms with van der Waals surface area (Å²) >= 11 is 7.29. The third-order valence-electron chi connectivity index (χ3n) is 2.45. The summed E-state index contributed by atoms with van der Waals surface area (Å²) in [6, 6.07) is 6.64. The summed E-state index contributed by atoms with van der Waals surface area (Å²) in [7, 11) is 0. The van der Waals surface area contributed by atoms with E-state index in [4.69, 9.17) is 17.3 Å². The van der Waals surface area contributed by atoms with Crippen molar-refractivity contribution in [1.29, 1.82) is 0 Å². The average Bonchev–Trinajstić information content (AvgIpc) is 2.30. The number of thioether (sulfide) groups is 1. The molecule has 0 fully saturated rings. The first-order valence-electron chi connectivity index (χ1n) is 5.86. The van der Waals surface area contributed by atoms with Gasteiger partial charge in [-0.05, 0) is 23.6 Å². The largest absolute Gasteiger partial charge is 0.351 e. The van der Waals surface area contributed by atoms with Crippen molar-refractivity contribution < 1.29 is 9.59 Å². The topological polar surface area (TPSA) is 72.2 Å². The van der Waals surface area contributed by atoms with Crippen molar-refractivity contribution >= 4 is 35.3 Å². The van der Waals surface area contributed by atoms with Crippen molar-refractivity contribution in [2.24, 2.45) is 11.7 Å². The molecule has 4 nitrogen and oxygen atoms in total. The van der Waals surface area contributed by atoms with Gasteiger partial charge in [0, 0.05) is 10.8 Å². The maximum Gasteiger partial charge on any atom is 0.318 e. The molecule has 6 heteroatoms. The Labute approximate surface area is 122 Å². The van der Waals surface area contributed by atoms with Gasteiger partial charge in [0.1, 0.15) is 0 Å². The summed E-state index contributed by atoms with van der Waals surface area (Å²) in [5.74, 6) is 0.435. The summed E-state index contributed by atoms with van der Waals surface area (Å²) in [5.41, 5.74) is 6.04. The van der Waals surface area contributed by atoms with Gasteiger partial charge >= 0.3 is 6.03 Å². The Morgan fingerprint density at radius 3 is 2.37 bits per heavy atom. The number of halogens is 1. The second-order valence-electron chi connectivity index (χ2n) is 4.46. The van der Waals surface area contributed by atoms with Crippen LogP contribution in [0.2, 0.25) is 5.02 Å². The second-order valence-corrected chi connectivity index (χ2v) is 6.02. The Bertz CT molecular complexity index is 448. The van der Waals surface area contributed by atoms with E-state index in [0.717, 1.165) is 5.56 Å². The molecule has 104 valence electrons. The molecule has 1 atom stereocenters. The molecule has 0 spiro atoms. The quantitative estimate of drug-likeness (QED) is 0.878. The van der Waals surface area contributed by atoms with E-state index >= 15 is 0 Å². The highest BCUT2D eigenvalue weighted by Gasteiger charge is 2.23. The number of carbonyl (C=O) groups excluding carboxylic acids is 2. The number of rotatable bonds is 5. The molecule has 19 heavy (non-hydrogen) atoms. The lowest BCUT2D eigenvalue weighted by molar-refractivity contribution is -0.120. The van der Waals surface area contributed by atoms with Gasteiger partial charge in [0.2, 0.25) is 5.91 Å². The second kappa shape index (κ2) is 7.40. The molecule has 0 radical (unpaired) electrons. The number of nitrogens with one attached hydrogen (secondary N) is 1. The van der Waals surface area contributed by atoms with Crippen LogP contribution in [0.1, 0.15) is 19.4 Å². The Balaban J connectivity index is 2.61. The molecule has 3 amide bonds. The van der Waals surface area contributed by atoms with Crippen LogP contribution in [0.3, 0.4) is 0 Å². The van der Waals surface area contributed by atoms with Crippen molar-refractivity contribution in [1.82, 2.24) is 5.32 Å². The number of amides is 3. The Kier molecular flexibility index (Phi) is 6.18. The van der Waals surface area contributed by atoms with Gasteiger partial charge in [0.25, 0.3) is 0 Å².